The molecule has 0 saturated heterocycles. The first kappa shape index (κ1) is 24.4. The van der Waals surface area contributed by atoms with Crippen molar-refractivity contribution in [2.24, 2.45) is 0 Å². The van der Waals surface area contributed by atoms with Crippen molar-refractivity contribution in [2.75, 3.05) is 31.8 Å². The predicted molar refractivity (Wildman–Crippen MR) is 127 cm³/mol. The Labute approximate surface area is 196 Å². The van der Waals surface area contributed by atoms with Crippen LogP contribution in [0, 0.1) is 0 Å². The van der Waals surface area contributed by atoms with Crippen molar-refractivity contribution in [2.45, 2.75) is 25.4 Å². The summed E-state index contributed by atoms with van der Waals surface area (Å²) in [4.78, 5) is 53.9. The number of carbonyl (C=O) groups excluding carboxylic acids is 2. The van der Waals surface area contributed by atoms with Gasteiger partial charge in [-0.3, -0.25) is 14.6 Å². The molecular formula is C24H26N4O6. The summed E-state index contributed by atoms with van der Waals surface area (Å²) < 4.78 is 10.1. The van der Waals surface area contributed by atoms with Gasteiger partial charge in [0.05, 0.1) is 13.2 Å². The highest BCUT2D eigenvalue weighted by molar-refractivity contribution is 5.83. The number of nitrogens with zero attached hydrogens (tertiary/aromatic N) is 2. The molecule has 0 spiro atoms. The molecule has 1 heterocycles. The molecule has 3 aromatic rings. The average Bonchev–Trinajstić information content (AvgIpc) is 2.85. The van der Waals surface area contributed by atoms with Crippen LogP contribution in [-0.4, -0.2) is 49.2 Å². The molecule has 0 aliphatic rings. The third-order valence-corrected chi connectivity index (χ3v) is 5.19. The van der Waals surface area contributed by atoms with Gasteiger partial charge in [0, 0.05) is 32.9 Å². The van der Waals surface area contributed by atoms with Crippen molar-refractivity contribution in [3.8, 4) is 5.75 Å². The molecule has 0 radical (unpaired) electrons. The van der Waals surface area contributed by atoms with Crippen LogP contribution in [-0.2, 0) is 16.0 Å². The monoisotopic (exact) mass is 466 g/mol. The quantitative estimate of drug-likeness (QED) is 0.360. The lowest BCUT2D eigenvalue weighted by Gasteiger charge is -2.23. The summed E-state index contributed by atoms with van der Waals surface area (Å²) in [6.07, 6.45) is 2.96. The van der Waals surface area contributed by atoms with Gasteiger partial charge < -0.3 is 25.0 Å². The van der Waals surface area contributed by atoms with Crippen molar-refractivity contribution < 1.29 is 19.1 Å². The first-order valence-corrected chi connectivity index (χ1v) is 10.5. The van der Waals surface area contributed by atoms with Gasteiger partial charge >= 0.3 is 12.1 Å². The third-order valence-electron chi connectivity index (χ3n) is 5.19. The normalized spacial score (nSPS) is 12.5. The molecule has 1 aromatic heterocycles. The van der Waals surface area contributed by atoms with Gasteiger partial charge in [0.1, 0.15) is 23.2 Å². The number of hydrogen-bond donors (Lipinski definition) is 2. The minimum absolute atomic E-state index is 0.0349. The molecule has 10 nitrogen and oxygen atoms in total. The van der Waals surface area contributed by atoms with Crippen LogP contribution < -0.4 is 26.2 Å². The van der Waals surface area contributed by atoms with Gasteiger partial charge in [-0.1, -0.05) is 18.2 Å². The van der Waals surface area contributed by atoms with E-state index in [9.17, 15) is 19.2 Å². The second-order valence-electron chi connectivity index (χ2n) is 7.89. The van der Waals surface area contributed by atoms with Crippen molar-refractivity contribution in [3.05, 3.63) is 80.4 Å². The summed E-state index contributed by atoms with van der Waals surface area (Å²) >= 11 is 0. The number of esters is 1. The number of methoxy groups -OCH3 is 1. The van der Waals surface area contributed by atoms with Gasteiger partial charge in [-0.2, -0.15) is 0 Å². The number of hydrogen-bond acceptors (Lipinski definition) is 9. The fraction of sp³-hybridized carbons (Fsp3) is 0.292. The van der Waals surface area contributed by atoms with Crippen LogP contribution in [0.4, 0.5) is 16.2 Å². The van der Waals surface area contributed by atoms with Crippen molar-refractivity contribution in [1.29, 1.82) is 0 Å². The maximum absolute atomic E-state index is 12.4. The van der Waals surface area contributed by atoms with E-state index in [1.54, 1.807) is 56.8 Å². The van der Waals surface area contributed by atoms with Gasteiger partial charge in [0.15, 0.2) is 0 Å². The SMILES string of the molecule is COC(=O)[C@H](Cc1ccc(OC(=O)N(C)C)cc1)Nc1c(NC(C)c2cccnc2)c(=O)c1=O. The highest BCUT2D eigenvalue weighted by atomic mass is 16.6. The van der Waals surface area contributed by atoms with E-state index in [0.29, 0.717) is 5.75 Å². The number of carbonyl (C=O) groups is 2. The van der Waals surface area contributed by atoms with Crippen LogP contribution in [0.15, 0.2) is 58.4 Å². The molecular weight excluding hydrogens is 440 g/mol. The van der Waals surface area contributed by atoms with Crippen LogP contribution in [0.25, 0.3) is 0 Å². The van der Waals surface area contributed by atoms with Crippen LogP contribution in [0.5, 0.6) is 5.75 Å². The fourth-order valence-corrected chi connectivity index (χ4v) is 3.23. The Morgan fingerprint density at radius 3 is 2.24 bits per heavy atom. The Morgan fingerprint density at radius 2 is 1.68 bits per heavy atom. The summed E-state index contributed by atoms with van der Waals surface area (Å²) in [6, 6.07) is 9.01. The predicted octanol–water partition coefficient (Wildman–Crippen LogP) is 2.11. The highest BCUT2D eigenvalue weighted by Gasteiger charge is 2.28. The van der Waals surface area contributed by atoms with E-state index in [4.69, 9.17) is 9.47 Å². The summed E-state index contributed by atoms with van der Waals surface area (Å²) in [6.45, 7) is 1.83. The molecule has 34 heavy (non-hydrogen) atoms. The van der Waals surface area contributed by atoms with Crippen LogP contribution in [0.1, 0.15) is 24.1 Å². The fourth-order valence-electron chi connectivity index (χ4n) is 3.23. The molecule has 3 rings (SSSR count). The van der Waals surface area contributed by atoms with E-state index >= 15 is 0 Å². The second-order valence-corrected chi connectivity index (χ2v) is 7.89. The molecule has 0 bridgehead atoms. The number of amides is 1. The van der Waals surface area contributed by atoms with Crippen molar-refractivity contribution in [1.82, 2.24) is 9.88 Å². The summed E-state index contributed by atoms with van der Waals surface area (Å²) in [7, 11) is 4.39. The van der Waals surface area contributed by atoms with E-state index in [-0.39, 0.29) is 23.8 Å². The molecule has 0 fully saturated rings. The maximum Gasteiger partial charge on any atom is 0.414 e. The Morgan fingerprint density at radius 1 is 1.03 bits per heavy atom. The van der Waals surface area contributed by atoms with Gasteiger partial charge in [-0.25, -0.2) is 9.59 Å². The minimum atomic E-state index is -0.919. The molecule has 1 amide bonds. The molecule has 2 atom stereocenters. The lowest BCUT2D eigenvalue weighted by Crippen LogP contribution is -2.43. The van der Waals surface area contributed by atoms with Crippen LogP contribution in [0.2, 0.25) is 0 Å². The molecule has 0 saturated carbocycles. The zero-order valence-electron chi connectivity index (χ0n) is 19.3. The Balaban J connectivity index is 1.75. The Kier molecular flexibility index (Phi) is 7.62. The third kappa shape index (κ3) is 5.58. The van der Waals surface area contributed by atoms with Crippen molar-refractivity contribution in [3.63, 3.8) is 0 Å². The van der Waals surface area contributed by atoms with E-state index in [1.807, 2.05) is 13.0 Å². The highest BCUT2D eigenvalue weighted by Crippen LogP contribution is 2.23. The number of rotatable bonds is 9. The summed E-state index contributed by atoms with van der Waals surface area (Å²) in [5.74, 6) is -0.245. The number of benzene rings is 1. The number of anilines is 2. The van der Waals surface area contributed by atoms with E-state index < -0.39 is 29.0 Å². The zero-order valence-corrected chi connectivity index (χ0v) is 19.3. The molecule has 2 N–H and O–H groups in total. The van der Waals surface area contributed by atoms with Gasteiger partial charge in [-0.15, -0.1) is 0 Å². The summed E-state index contributed by atoms with van der Waals surface area (Å²) in [5, 5.41) is 5.89. The van der Waals surface area contributed by atoms with E-state index in [1.165, 1.54) is 12.0 Å². The van der Waals surface area contributed by atoms with Gasteiger partial charge in [-0.05, 0) is 36.2 Å². The number of nitrogens with one attached hydrogen (secondary N) is 2. The minimum Gasteiger partial charge on any atom is -0.467 e. The number of aromatic nitrogens is 1. The Bertz CT molecular complexity index is 1220. The van der Waals surface area contributed by atoms with Gasteiger partial charge in [0.25, 0.3) is 10.9 Å². The first-order chi connectivity index (χ1) is 16.2. The zero-order chi connectivity index (χ0) is 24.8. The molecule has 1 unspecified atom stereocenters. The standard InChI is InChI=1S/C24H26N4O6/c1-14(16-6-5-11-25-13-16)26-19-20(22(30)21(19)29)27-18(23(31)33-4)12-15-7-9-17(10-8-15)34-24(32)28(2)3/h5-11,13-14,18,26-27H,12H2,1-4H3/t14?,18-/m0/s1. The lowest BCUT2D eigenvalue weighted by atomic mass is 10.0. The van der Waals surface area contributed by atoms with Gasteiger partial charge in [0.2, 0.25) is 0 Å². The molecule has 10 heteroatoms. The number of pyridine rings is 1. The smallest absolute Gasteiger partial charge is 0.414 e. The lowest BCUT2D eigenvalue weighted by molar-refractivity contribution is -0.141. The molecule has 0 aliphatic heterocycles. The summed E-state index contributed by atoms with van der Waals surface area (Å²) in [5.41, 5.74) is 0.342. The molecule has 0 aliphatic carbocycles. The largest absolute Gasteiger partial charge is 0.467 e. The van der Waals surface area contributed by atoms with Crippen LogP contribution >= 0.6 is 0 Å². The number of ether oxygens (including phenoxy) is 2. The molecule has 178 valence electrons. The maximum atomic E-state index is 12.4. The van der Waals surface area contributed by atoms with Crippen LogP contribution in [0.3, 0.4) is 0 Å². The van der Waals surface area contributed by atoms with E-state index in [2.05, 4.69) is 15.6 Å². The average molecular weight is 466 g/mol. The topological polar surface area (TPSA) is 127 Å². The molecule has 2 aromatic carbocycles. The Hall–Kier alpha value is -4.21. The van der Waals surface area contributed by atoms with Crippen molar-refractivity contribution >= 4 is 23.4 Å². The van der Waals surface area contributed by atoms with E-state index in [0.717, 1.165) is 11.1 Å². The first-order valence-electron chi connectivity index (χ1n) is 10.5. The second kappa shape index (κ2) is 10.6.